The van der Waals surface area contributed by atoms with Crippen molar-refractivity contribution in [1.82, 2.24) is 0 Å². The van der Waals surface area contributed by atoms with Gasteiger partial charge in [0, 0.05) is 18.8 Å². The molecule has 0 radical (unpaired) electrons. The van der Waals surface area contributed by atoms with Gasteiger partial charge in [-0.1, -0.05) is 19.9 Å². The molecule has 1 rings (SSSR count). The minimum atomic E-state index is -1.34. The lowest BCUT2D eigenvalue weighted by atomic mass is 9.87. The van der Waals surface area contributed by atoms with Gasteiger partial charge in [0.1, 0.15) is 12.1 Å². The molecule has 0 aliphatic heterocycles. The summed E-state index contributed by atoms with van der Waals surface area (Å²) >= 11 is 0. The average Bonchev–Trinajstić information content (AvgIpc) is 2.72. The Bertz CT molecular complexity index is 778. The van der Waals surface area contributed by atoms with Crippen molar-refractivity contribution in [3.05, 3.63) is 23.8 Å². The number of hydrogen-bond acceptors (Lipinski definition) is 9. The Morgan fingerprint density at radius 2 is 1.60 bits per heavy atom. The summed E-state index contributed by atoms with van der Waals surface area (Å²) < 4.78 is 19.9. The van der Waals surface area contributed by atoms with Gasteiger partial charge in [-0.25, -0.2) is 4.79 Å². The molecule has 0 fully saturated rings. The van der Waals surface area contributed by atoms with Crippen LogP contribution in [0, 0.1) is 0 Å². The molecule has 0 aliphatic rings. The zero-order valence-corrected chi connectivity index (χ0v) is 17.4. The highest BCUT2D eigenvalue weighted by Crippen LogP contribution is 2.35. The molecule has 166 valence electrons. The first-order valence-corrected chi connectivity index (χ1v) is 9.41. The Labute approximate surface area is 174 Å². The number of aliphatic carboxylic acids is 1. The summed E-state index contributed by atoms with van der Waals surface area (Å²) in [7, 11) is 1.15. The van der Waals surface area contributed by atoms with Crippen LogP contribution in [0.5, 0.6) is 11.5 Å². The Hall–Kier alpha value is -3.14. The lowest BCUT2D eigenvalue weighted by Gasteiger charge is -2.25. The molecule has 2 unspecified atom stereocenters. The number of carbonyl (C=O) groups excluding carboxylic acids is 3. The fraction of sp³-hybridized carbons (Fsp3) is 0.500. The summed E-state index contributed by atoms with van der Waals surface area (Å²) in [5, 5.41) is 9.40. The minimum absolute atomic E-state index is 0.0221. The van der Waals surface area contributed by atoms with Crippen LogP contribution in [0.3, 0.4) is 0 Å². The summed E-state index contributed by atoms with van der Waals surface area (Å²) in [5.74, 6) is -3.19. The van der Waals surface area contributed by atoms with E-state index in [9.17, 15) is 24.3 Å². The lowest BCUT2D eigenvalue weighted by Crippen LogP contribution is -2.38. The fourth-order valence-electron chi connectivity index (χ4n) is 2.59. The standard InChI is InChI=1S/C20H27NO9/c1-5-16(22)29-14-8-7-12(10-15(14)30-17(23)6-2)13(18(21)19(24)25)9-11(3)28-20(26)27-4/h7-8,10-11,13,18H,5-6,9,21H2,1-4H3,(H,24,25)/t11?,13?,18-/m0/s1. The zero-order chi connectivity index (χ0) is 22.8. The normalized spacial score (nSPS) is 13.5. The molecular formula is C20H27NO9. The Kier molecular flexibility index (Phi) is 9.76. The smallest absolute Gasteiger partial charge is 0.480 e. The Morgan fingerprint density at radius 3 is 2.10 bits per heavy atom. The van der Waals surface area contributed by atoms with E-state index in [-0.39, 0.29) is 30.8 Å². The Balaban J connectivity index is 3.31. The van der Waals surface area contributed by atoms with E-state index in [1.54, 1.807) is 20.8 Å². The number of hydrogen-bond donors (Lipinski definition) is 2. The molecule has 0 heterocycles. The number of carboxylic acid groups (broad SMARTS) is 1. The number of methoxy groups -OCH3 is 1. The number of rotatable bonds is 10. The van der Waals surface area contributed by atoms with E-state index >= 15 is 0 Å². The molecule has 0 bridgehead atoms. The van der Waals surface area contributed by atoms with E-state index in [0.717, 1.165) is 7.11 Å². The van der Waals surface area contributed by atoms with Crippen LogP contribution in [0.1, 0.15) is 51.5 Å². The van der Waals surface area contributed by atoms with Crippen molar-refractivity contribution in [3.8, 4) is 11.5 Å². The number of carbonyl (C=O) groups is 4. The summed E-state index contributed by atoms with van der Waals surface area (Å²) in [6.45, 7) is 4.77. The molecule has 30 heavy (non-hydrogen) atoms. The molecule has 3 atom stereocenters. The second-order valence-corrected chi connectivity index (χ2v) is 6.45. The van der Waals surface area contributed by atoms with Crippen molar-refractivity contribution in [3.63, 3.8) is 0 Å². The molecule has 0 spiro atoms. The maximum absolute atomic E-state index is 11.8. The molecular weight excluding hydrogens is 398 g/mol. The first kappa shape index (κ1) is 24.9. The van der Waals surface area contributed by atoms with Gasteiger partial charge in [0.05, 0.1) is 7.11 Å². The first-order valence-electron chi connectivity index (χ1n) is 9.41. The predicted octanol–water partition coefficient (Wildman–Crippen LogP) is 2.37. The summed E-state index contributed by atoms with van der Waals surface area (Å²) in [6, 6.07) is 2.96. The van der Waals surface area contributed by atoms with Crippen molar-refractivity contribution in [1.29, 1.82) is 0 Å². The van der Waals surface area contributed by atoms with Gasteiger partial charge in [0.25, 0.3) is 0 Å². The number of benzene rings is 1. The minimum Gasteiger partial charge on any atom is -0.480 e. The van der Waals surface area contributed by atoms with Gasteiger partial charge in [0.15, 0.2) is 11.5 Å². The maximum atomic E-state index is 11.8. The van der Waals surface area contributed by atoms with Gasteiger partial charge >= 0.3 is 24.1 Å². The SMILES string of the molecule is CCC(=O)Oc1ccc(C(CC(C)OC(=O)OC)[C@H](N)C(=O)O)cc1OC(=O)CC. The lowest BCUT2D eigenvalue weighted by molar-refractivity contribution is -0.139. The second-order valence-electron chi connectivity index (χ2n) is 6.45. The number of nitrogens with two attached hydrogens (primary N) is 1. The largest absolute Gasteiger partial charge is 0.508 e. The van der Waals surface area contributed by atoms with Gasteiger partial charge < -0.3 is 29.8 Å². The third-order valence-electron chi connectivity index (χ3n) is 4.19. The molecule has 0 saturated carbocycles. The second kappa shape index (κ2) is 11.8. The molecule has 10 nitrogen and oxygen atoms in total. The van der Waals surface area contributed by atoms with Crippen molar-refractivity contribution in [2.24, 2.45) is 5.73 Å². The van der Waals surface area contributed by atoms with Crippen LogP contribution >= 0.6 is 0 Å². The summed E-state index contributed by atoms with van der Waals surface area (Å²) in [5.41, 5.74) is 6.26. The van der Waals surface area contributed by atoms with Crippen LogP contribution in [-0.4, -0.2) is 48.4 Å². The third kappa shape index (κ3) is 7.36. The summed E-state index contributed by atoms with van der Waals surface area (Å²) in [6.07, 6.45) is -1.39. The van der Waals surface area contributed by atoms with Crippen LogP contribution in [0.15, 0.2) is 18.2 Å². The van der Waals surface area contributed by atoms with E-state index in [1.165, 1.54) is 18.2 Å². The zero-order valence-electron chi connectivity index (χ0n) is 17.4. The van der Waals surface area contributed by atoms with Crippen molar-refractivity contribution < 1.29 is 43.2 Å². The van der Waals surface area contributed by atoms with E-state index < -0.39 is 42.1 Å². The summed E-state index contributed by atoms with van der Waals surface area (Å²) in [4.78, 5) is 46.3. The van der Waals surface area contributed by atoms with E-state index in [1.807, 2.05) is 0 Å². The highest BCUT2D eigenvalue weighted by atomic mass is 16.7. The maximum Gasteiger partial charge on any atom is 0.508 e. The van der Waals surface area contributed by atoms with Gasteiger partial charge in [-0.15, -0.1) is 0 Å². The fourth-order valence-corrected chi connectivity index (χ4v) is 2.59. The van der Waals surface area contributed by atoms with Crippen LogP contribution in [0.2, 0.25) is 0 Å². The highest BCUT2D eigenvalue weighted by Gasteiger charge is 2.30. The molecule has 3 N–H and O–H groups in total. The molecule has 0 aromatic heterocycles. The molecule has 10 heteroatoms. The van der Waals surface area contributed by atoms with Gasteiger partial charge in [0.2, 0.25) is 0 Å². The molecule has 0 amide bonds. The highest BCUT2D eigenvalue weighted by molar-refractivity contribution is 5.77. The molecule has 1 aromatic carbocycles. The van der Waals surface area contributed by atoms with E-state index in [4.69, 9.17) is 19.9 Å². The quantitative estimate of drug-likeness (QED) is 0.422. The monoisotopic (exact) mass is 425 g/mol. The number of ether oxygens (including phenoxy) is 4. The van der Waals surface area contributed by atoms with E-state index in [0.29, 0.717) is 5.56 Å². The third-order valence-corrected chi connectivity index (χ3v) is 4.19. The molecule has 0 aliphatic carbocycles. The topological polar surface area (TPSA) is 151 Å². The van der Waals surface area contributed by atoms with Gasteiger partial charge in [-0.3, -0.25) is 14.4 Å². The number of carboxylic acids is 1. The van der Waals surface area contributed by atoms with Gasteiger partial charge in [-0.05, 0) is 31.0 Å². The van der Waals surface area contributed by atoms with Crippen molar-refractivity contribution >= 4 is 24.1 Å². The Morgan fingerprint density at radius 1 is 1.03 bits per heavy atom. The number of esters is 2. The van der Waals surface area contributed by atoms with Crippen LogP contribution in [0.4, 0.5) is 4.79 Å². The predicted molar refractivity (Wildman–Crippen MR) is 104 cm³/mol. The van der Waals surface area contributed by atoms with Crippen LogP contribution < -0.4 is 15.2 Å². The van der Waals surface area contributed by atoms with Crippen molar-refractivity contribution in [2.75, 3.05) is 7.11 Å². The van der Waals surface area contributed by atoms with Crippen molar-refractivity contribution in [2.45, 2.75) is 58.1 Å². The van der Waals surface area contributed by atoms with E-state index in [2.05, 4.69) is 4.74 Å². The van der Waals surface area contributed by atoms with Crippen LogP contribution in [-0.2, 0) is 23.9 Å². The first-order chi connectivity index (χ1) is 14.1. The average molecular weight is 425 g/mol. The molecule has 1 aromatic rings. The van der Waals surface area contributed by atoms with Crippen LogP contribution in [0.25, 0.3) is 0 Å². The van der Waals surface area contributed by atoms with Gasteiger partial charge in [-0.2, -0.15) is 0 Å². The molecule has 0 saturated heterocycles.